The van der Waals surface area contributed by atoms with Crippen LogP contribution < -0.4 is 0 Å². The molecule has 1 rings (SSSR count). The van der Waals surface area contributed by atoms with Crippen LogP contribution in [0.4, 0.5) is 0 Å². The molecule has 0 aromatic heterocycles. The maximum absolute atomic E-state index is 10.0. The van der Waals surface area contributed by atoms with Gasteiger partial charge in [-0.3, -0.25) is 0 Å². The topological polar surface area (TPSA) is 38.7 Å². The fraction of sp³-hybridized carbons (Fsp3) is 1.00. The van der Waals surface area contributed by atoms with Crippen LogP contribution in [0.1, 0.15) is 103 Å². The predicted molar refractivity (Wildman–Crippen MR) is 105 cm³/mol. The fourth-order valence-electron chi connectivity index (χ4n) is 3.24. The molecule has 0 amide bonds. The van der Waals surface area contributed by atoms with Crippen LogP contribution in [0.3, 0.4) is 0 Å². The summed E-state index contributed by atoms with van der Waals surface area (Å²) in [6.07, 6.45) is 20.1. The van der Waals surface area contributed by atoms with E-state index in [1.165, 1.54) is 77.0 Å². The highest BCUT2D eigenvalue weighted by Crippen LogP contribution is 2.23. The summed E-state index contributed by atoms with van der Waals surface area (Å²) in [6, 6.07) is 0. The number of hydrogen-bond acceptors (Lipinski definition) is 3. The van der Waals surface area contributed by atoms with E-state index in [-0.39, 0.29) is 0 Å². The Labute approximate surface area is 158 Å². The molecule has 0 spiro atoms. The second kappa shape index (κ2) is 15.6. The normalized spacial score (nSPS) is 21.2. The third-order valence-electron chi connectivity index (χ3n) is 4.82. The lowest BCUT2D eigenvalue weighted by Crippen LogP contribution is -2.39. The molecule has 3 nitrogen and oxygen atoms in total. The summed E-state index contributed by atoms with van der Waals surface area (Å²) < 4.78 is 10.8. The number of unbranched alkanes of at least 4 members (excludes halogenated alkanes) is 12. The minimum absolute atomic E-state index is 0.615. The Kier molecular flexibility index (Phi) is 14.6. The predicted octanol–water partition coefficient (Wildman–Crippen LogP) is 6.32. The maximum Gasteiger partial charge on any atom is 0.280 e. The van der Waals surface area contributed by atoms with Crippen LogP contribution in [0.2, 0.25) is 0 Å². The molecule has 0 radical (unpaired) electrons. The highest BCUT2D eigenvalue weighted by molar-refractivity contribution is 9.09. The Morgan fingerprint density at radius 3 is 1.71 bits per heavy atom. The monoisotopic (exact) mass is 406 g/mol. The Morgan fingerprint density at radius 1 is 0.750 bits per heavy atom. The van der Waals surface area contributed by atoms with Crippen LogP contribution in [-0.4, -0.2) is 29.6 Å². The Hall–Kier alpha value is 0.360. The van der Waals surface area contributed by atoms with Crippen molar-refractivity contribution in [3.8, 4) is 0 Å². The molecule has 0 saturated carbocycles. The molecule has 1 N–H and O–H groups in total. The molecule has 1 atom stereocenters. The number of rotatable bonds is 16. The lowest BCUT2D eigenvalue weighted by atomic mass is 10.0. The third kappa shape index (κ3) is 12.7. The third-order valence-corrected chi connectivity index (χ3v) is 5.38. The molecule has 1 saturated heterocycles. The van der Waals surface area contributed by atoms with Crippen molar-refractivity contribution in [2.45, 2.75) is 109 Å². The SMILES string of the molecule is OC1(OCCCCCCCCCCCCCCCBr)CCCCO1. The molecule has 0 aliphatic carbocycles. The van der Waals surface area contributed by atoms with E-state index < -0.39 is 5.97 Å². The van der Waals surface area contributed by atoms with Gasteiger partial charge in [0.15, 0.2) is 0 Å². The summed E-state index contributed by atoms with van der Waals surface area (Å²) in [5, 5.41) is 11.2. The van der Waals surface area contributed by atoms with Gasteiger partial charge >= 0.3 is 0 Å². The summed E-state index contributed by atoms with van der Waals surface area (Å²) in [7, 11) is 0. The largest absolute Gasteiger partial charge is 0.343 e. The minimum atomic E-state index is -1.29. The van der Waals surface area contributed by atoms with Crippen LogP contribution >= 0.6 is 15.9 Å². The van der Waals surface area contributed by atoms with Crippen molar-refractivity contribution >= 4 is 15.9 Å². The van der Waals surface area contributed by atoms with Gasteiger partial charge in [0.2, 0.25) is 0 Å². The highest BCUT2D eigenvalue weighted by atomic mass is 79.9. The molecule has 24 heavy (non-hydrogen) atoms. The van der Waals surface area contributed by atoms with E-state index in [1.54, 1.807) is 0 Å². The lowest BCUT2D eigenvalue weighted by Gasteiger charge is -2.31. The number of alkyl halides is 1. The summed E-state index contributed by atoms with van der Waals surface area (Å²) in [5.41, 5.74) is 0. The first-order chi connectivity index (χ1) is 11.8. The zero-order valence-electron chi connectivity index (χ0n) is 15.6. The first kappa shape index (κ1) is 22.4. The molecule has 0 bridgehead atoms. The zero-order chi connectivity index (χ0) is 17.3. The van der Waals surface area contributed by atoms with Crippen LogP contribution in [0.5, 0.6) is 0 Å². The molecule has 144 valence electrons. The molecule has 4 heteroatoms. The van der Waals surface area contributed by atoms with E-state index >= 15 is 0 Å². The molecule has 0 aromatic rings. The van der Waals surface area contributed by atoms with Crippen molar-refractivity contribution in [2.24, 2.45) is 0 Å². The lowest BCUT2D eigenvalue weighted by molar-refractivity contribution is -0.373. The van der Waals surface area contributed by atoms with Crippen molar-refractivity contribution in [1.82, 2.24) is 0 Å². The van der Waals surface area contributed by atoms with Crippen LogP contribution in [-0.2, 0) is 9.47 Å². The van der Waals surface area contributed by atoms with Gasteiger partial charge in [0.1, 0.15) is 0 Å². The average Bonchev–Trinajstić information content (AvgIpc) is 2.59. The quantitative estimate of drug-likeness (QED) is 0.185. The van der Waals surface area contributed by atoms with Crippen molar-refractivity contribution in [2.75, 3.05) is 18.5 Å². The average molecular weight is 407 g/mol. The summed E-state index contributed by atoms with van der Waals surface area (Å²) in [4.78, 5) is 0. The van der Waals surface area contributed by atoms with E-state index in [4.69, 9.17) is 9.47 Å². The summed E-state index contributed by atoms with van der Waals surface area (Å²) in [6.45, 7) is 1.24. The molecule has 1 aliphatic rings. The Bertz CT molecular complexity index is 268. The Balaban J connectivity index is 1.73. The molecular weight excluding hydrogens is 368 g/mol. The number of halogens is 1. The van der Waals surface area contributed by atoms with Crippen LogP contribution in [0, 0.1) is 0 Å². The van der Waals surface area contributed by atoms with Gasteiger partial charge in [0.25, 0.3) is 5.97 Å². The standard InChI is InChI=1S/C20H39BrO3/c21-17-13-10-8-6-4-2-1-3-5-7-9-11-14-18-23-20(22)16-12-15-19-24-20/h22H,1-19H2. The molecule has 1 aliphatic heterocycles. The fourth-order valence-corrected chi connectivity index (χ4v) is 3.64. The first-order valence-corrected chi connectivity index (χ1v) is 11.5. The van der Waals surface area contributed by atoms with E-state index in [1.807, 2.05) is 0 Å². The summed E-state index contributed by atoms with van der Waals surface area (Å²) >= 11 is 3.48. The highest BCUT2D eigenvalue weighted by Gasteiger charge is 2.31. The van der Waals surface area contributed by atoms with Gasteiger partial charge in [0.05, 0.1) is 13.2 Å². The van der Waals surface area contributed by atoms with E-state index in [2.05, 4.69) is 15.9 Å². The summed E-state index contributed by atoms with van der Waals surface area (Å²) in [5.74, 6) is -1.29. The molecule has 1 fully saturated rings. The van der Waals surface area contributed by atoms with Gasteiger partial charge in [-0.1, -0.05) is 86.6 Å². The van der Waals surface area contributed by atoms with Gasteiger partial charge in [0, 0.05) is 11.8 Å². The van der Waals surface area contributed by atoms with Crippen molar-refractivity contribution in [3.63, 3.8) is 0 Å². The van der Waals surface area contributed by atoms with Gasteiger partial charge in [-0.15, -0.1) is 0 Å². The first-order valence-electron chi connectivity index (χ1n) is 10.3. The van der Waals surface area contributed by atoms with Crippen molar-refractivity contribution < 1.29 is 14.6 Å². The van der Waals surface area contributed by atoms with Gasteiger partial charge in [-0.2, -0.15) is 0 Å². The smallest absolute Gasteiger partial charge is 0.280 e. The molecule has 0 aromatic carbocycles. The van der Waals surface area contributed by atoms with Crippen LogP contribution in [0.15, 0.2) is 0 Å². The molecule has 1 heterocycles. The second-order valence-corrected chi connectivity index (χ2v) is 7.94. The number of ether oxygens (including phenoxy) is 2. The number of hydrogen-bond donors (Lipinski definition) is 1. The second-order valence-electron chi connectivity index (χ2n) is 7.15. The van der Waals surface area contributed by atoms with Crippen LogP contribution in [0.25, 0.3) is 0 Å². The minimum Gasteiger partial charge on any atom is -0.343 e. The van der Waals surface area contributed by atoms with Gasteiger partial charge in [-0.25, -0.2) is 0 Å². The van der Waals surface area contributed by atoms with E-state index in [0.717, 1.165) is 24.6 Å². The number of aliphatic hydroxyl groups is 1. The Morgan fingerprint density at radius 2 is 1.25 bits per heavy atom. The van der Waals surface area contributed by atoms with Crippen molar-refractivity contribution in [3.05, 3.63) is 0 Å². The van der Waals surface area contributed by atoms with E-state index in [0.29, 0.717) is 19.6 Å². The van der Waals surface area contributed by atoms with E-state index in [9.17, 15) is 5.11 Å². The van der Waals surface area contributed by atoms with Gasteiger partial charge < -0.3 is 14.6 Å². The zero-order valence-corrected chi connectivity index (χ0v) is 17.2. The molecule has 1 unspecified atom stereocenters. The van der Waals surface area contributed by atoms with Gasteiger partial charge in [-0.05, 0) is 25.7 Å². The van der Waals surface area contributed by atoms with Crippen molar-refractivity contribution in [1.29, 1.82) is 0 Å². The maximum atomic E-state index is 10.0. The molecular formula is C20H39BrO3.